The van der Waals surface area contributed by atoms with Crippen molar-refractivity contribution in [1.29, 1.82) is 0 Å². The fraction of sp³-hybridized carbons (Fsp3) is 0.357. The fourth-order valence-corrected chi connectivity index (χ4v) is 1.74. The van der Waals surface area contributed by atoms with E-state index in [-0.39, 0.29) is 11.8 Å². The molecule has 0 fully saturated rings. The molecule has 0 atom stereocenters. The summed E-state index contributed by atoms with van der Waals surface area (Å²) >= 11 is 0. The van der Waals surface area contributed by atoms with Crippen molar-refractivity contribution in [1.82, 2.24) is 15.5 Å². The van der Waals surface area contributed by atoms with Gasteiger partial charge in [-0.3, -0.25) is 4.79 Å². The smallest absolute Gasteiger partial charge is 0.308 e. The Morgan fingerprint density at radius 1 is 1.35 bits per heavy atom. The Balaban J connectivity index is 2.07. The molecule has 0 saturated carbocycles. The van der Waals surface area contributed by atoms with Crippen molar-refractivity contribution in [3.05, 3.63) is 41.6 Å². The van der Waals surface area contributed by atoms with Gasteiger partial charge in [0, 0.05) is 12.1 Å². The molecule has 2 rings (SSSR count). The van der Waals surface area contributed by atoms with Gasteiger partial charge in [-0.1, -0.05) is 25.1 Å². The summed E-state index contributed by atoms with van der Waals surface area (Å²) in [4.78, 5) is 11.7. The third-order valence-electron chi connectivity index (χ3n) is 2.73. The molecule has 0 saturated heterocycles. The molecule has 6 heteroatoms. The van der Waals surface area contributed by atoms with Crippen molar-refractivity contribution in [3.63, 3.8) is 0 Å². The number of nitrogens with zero attached hydrogens (tertiary/aromatic N) is 2. The maximum atomic E-state index is 11.7. The van der Waals surface area contributed by atoms with Crippen LogP contribution < -0.4 is 10.1 Å². The molecule has 1 aromatic heterocycles. The van der Waals surface area contributed by atoms with Crippen molar-refractivity contribution in [2.45, 2.75) is 19.8 Å². The lowest BCUT2D eigenvalue weighted by Crippen LogP contribution is -2.24. The van der Waals surface area contributed by atoms with E-state index in [1.165, 1.54) is 0 Å². The second kappa shape index (κ2) is 6.70. The number of benzene rings is 1. The predicted octanol–water partition coefficient (Wildman–Crippen LogP) is 1.81. The van der Waals surface area contributed by atoms with Crippen LogP contribution in [-0.4, -0.2) is 29.8 Å². The zero-order valence-electron chi connectivity index (χ0n) is 11.5. The van der Waals surface area contributed by atoms with Crippen LogP contribution in [0.4, 0.5) is 0 Å². The van der Waals surface area contributed by atoms with E-state index in [1.54, 1.807) is 7.11 Å². The van der Waals surface area contributed by atoms with Gasteiger partial charge < -0.3 is 14.5 Å². The van der Waals surface area contributed by atoms with Crippen molar-refractivity contribution in [2.24, 2.45) is 0 Å². The Hall–Kier alpha value is -2.37. The van der Waals surface area contributed by atoms with E-state index in [0.29, 0.717) is 18.9 Å². The zero-order valence-corrected chi connectivity index (χ0v) is 11.5. The number of hydrogen-bond donors (Lipinski definition) is 1. The number of carbonyl (C=O) groups is 1. The summed E-state index contributed by atoms with van der Waals surface area (Å²) in [5, 5.41) is 10.3. The Morgan fingerprint density at radius 2 is 2.15 bits per heavy atom. The van der Waals surface area contributed by atoms with Gasteiger partial charge in [0.25, 0.3) is 0 Å². The minimum atomic E-state index is -0.342. The van der Waals surface area contributed by atoms with Crippen molar-refractivity contribution < 1.29 is 13.9 Å². The van der Waals surface area contributed by atoms with Crippen LogP contribution in [0.3, 0.4) is 0 Å². The van der Waals surface area contributed by atoms with E-state index in [0.717, 1.165) is 17.7 Å². The molecule has 6 nitrogen and oxygen atoms in total. The van der Waals surface area contributed by atoms with Crippen LogP contribution in [0, 0.1) is 0 Å². The zero-order chi connectivity index (χ0) is 14.4. The van der Waals surface area contributed by atoms with Crippen molar-refractivity contribution in [3.8, 4) is 5.75 Å². The van der Waals surface area contributed by atoms with E-state index in [2.05, 4.69) is 15.5 Å². The van der Waals surface area contributed by atoms with Gasteiger partial charge >= 0.3 is 11.8 Å². The standard InChI is InChI=1S/C14H17N3O3/c1-3-8-15-13(18)14-17-16-12(20-14)9-10-6-4-5-7-11(10)19-2/h4-7H,3,8-9H2,1-2H3,(H,15,18). The summed E-state index contributed by atoms with van der Waals surface area (Å²) in [6, 6.07) is 7.57. The highest BCUT2D eigenvalue weighted by atomic mass is 16.5. The average Bonchev–Trinajstić information content (AvgIpc) is 2.94. The largest absolute Gasteiger partial charge is 0.496 e. The highest BCUT2D eigenvalue weighted by molar-refractivity contribution is 5.89. The van der Waals surface area contributed by atoms with E-state index in [4.69, 9.17) is 9.15 Å². The number of para-hydroxylation sites is 1. The van der Waals surface area contributed by atoms with Gasteiger partial charge in [-0.2, -0.15) is 0 Å². The number of hydrogen-bond acceptors (Lipinski definition) is 5. The molecule has 0 unspecified atom stereocenters. The minimum Gasteiger partial charge on any atom is -0.496 e. The lowest BCUT2D eigenvalue weighted by Gasteiger charge is -2.05. The predicted molar refractivity (Wildman–Crippen MR) is 72.7 cm³/mol. The first kappa shape index (κ1) is 14.0. The van der Waals surface area contributed by atoms with E-state index < -0.39 is 0 Å². The SMILES string of the molecule is CCCNC(=O)c1nnc(Cc2ccccc2OC)o1. The summed E-state index contributed by atoms with van der Waals surface area (Å²) < 4.78 is 10.6. The first-order valence-corrected chi connectivity index (χ1v) is 6.47. The molecular weight excluding hydrogens is 258 g/mol. The van der Waals surface area contributed by atoms with Crippen LogP contribution in [-0.2, 0) is 6.42 Å². The minimum absolute atomic E-state index is 0.0108. The van der Waals surface area contributed by atoms with Gasteiger partial charge in [-0.15, -0.1) is 10.2 Å². The van der Waals surface area contributed by atoms with E-state index in [9.17, 15) is 4.79 Å². The quantitative estimate of drug-likeness (QED) is 0.870. The third-order valence-corrected chi connectivity index (χ3v) is 2.73. The second-order valence-corrected chi connectivity index (χ2v) is 4.25. The summed E-state index contributed by atoms with van der Waals surface area (Å²) in [5.41, 5.74) is 0.930. The number of rotatable bonds is 6. The van der Waals surface area contributed by atoms with Gasteiger partial charge in [-0.25, -0.2) is 0 Å². The Kier molecular flexibility index (Phi) is 4.70. The fourth-order valence-electron chi connectivity index (χ4n) is 1.74. The maximum absolute atomic E-state index is 11.7. The Bertz CT molecular complexity index is 581. The topological polar surface area (TPSA) is 77.2 Å². The molecule has 20 heavy (non-hydrogen) atoms. The molecule has 0 aliphatic carbocycles. The Morgan fingerprint density at radius 3 is 2.90 bits per heavy atom. The van der Waals surface area contributed by atoms with Gasteiger partial charge in [-0.05, 0) is 12.5 Å². The first-order chi connectivity index (χ1) is 9.74. The van der Waals surface area contributed by atoms with E-state index >= 15 is 0 Å². The molecule has 1 aromatic carbocycles. The molecule has 106 valence electrons. The summed E-state index contributed by atoms with van der Waals surface area (Å²) in [7, 11) is 1.61. The van der Waals surface area contributed by atoms with Gasteiger partial charge in [0.2, 0.25) is 5.89 Å². The molecule has 0 spiro atoms. The summed E-state index contributed by atoms with van der Waals surface area (Å²) in [5.74, 6) is 0.785. The molecule has 0 radical (unpaired) electrons. The number of nitrogens with one attached hydrogen (secondary N) is 1. The monoisotopic (exact) mass is 275 g/mol. The van der Waals surface area contributed by atoms with Crippen LogP contribution in [0.1, 0.15) is 35.5 Å². The number of aromatic nitrogens is 2. The van der Waals surface area contributed by atoms with Crippen LogP contribution in [0.2, 0.25) is 0 Å². The number of carbonyl (C=O) groups excluding carboxylic acids is 1. The lowest BCUT2D eigenvalue weighted by atomic mass is 10.1. The van der Waals surface area contributed by atoms with Crippen LogP contribution in [0.15, 0.2) is 28.7 Å². The molecule has 1 amide bonds. The average molecular weight is 275 g/mol. The molecule has 1 heterocycles. The second-order valence-electron chi connectivity index (χ2n) is 4.25. The normalized spacial score (nSPS) is 10.3. The molecule has 0 aliphatic heterocycles. The third kappa shape index (κ3) is 3.34. The highest BCUT2D eigenvalue weighted by Gasteiger charge is 2.15. The van der Waals surface area contributed by atoms with Crippen LogP contribution in [0.25, 0.3) is 0 Å². The van der Waals surface area contributed by atoms with Gasteiger partial charge in [0.1, 0.15) is 5.75 Å². The van der Waals surface area contributed by atoms with Crippen molar-refractivity contribution >= 4 is 5.91 Å². The Labute approximate surface area is 117 Å². The number of methoxy groups -OCH3 is 1. The van der Waals surface area contributed by atoms with Crippen LogP contribution >= 0.6 is 0 Å². The summed E-state index contributed by atoms with van der Waals surface area (Å²) in [6.07, 6.45) is 1.28. The van der Waals surface area contributed by atoms with Gasteiger partial charge in [0.05, 0.1) is 13.5 Å². The first-order valence-electron chi connectivity index (χ1n) is 6.47. The molecular formula is C14H17N3O3. The highest BCUT2D eigenvalue weighted by Crippen LogP contribution is 2.20. The molecule has 0 aliphatic rings. The van der Waals surface area contributed by atoms with Crippen LogP contribution in [0.5, 0.6) is 5.75 Å². The molecule has 1 N–H and O–H groups in total. The maximum Gasteiger partial charge on any atom is 0.308 e. The van der Waals surface area contributed by atoms with E-state index in [1.807, 2.05) is 31.2 Å². The number of amides is 1. The van der Waals surface area contributed by atoms with Gasteiger partial charge in [0.15, 0.2) is 0 Å². The van der Waals surface area contributed by atoms with Crippen molar-refractivity contribution in [2.75, 3.05) is 13.7 Å². The molecule has 2 aromatic rings. The summed E-state index contributed by atoms with van der Waals surface area (Å²) in [6.45, 7) is 2.56. The lowest BCUT2D eigenvalue weighted by molar-refractivity contribution is 0.0917. The molecule has 0 bridgehead atoms. The number of ether oxygens (including phenoxy) is 1.